The molecule has 0 aromatic carbocycles. The highest BCUT2D eigenvalue weighted by Crippen LogP contribution is 2.23. The number of aliphatic hydroxyl groups is 7. The molecule has 0 saturated carbocycles. The van der Waals surface area contributed by atoms with Gasteiger partial charge in [0.25, 0.3) is 0 Å². The summed E-state index contributed by atoms with van der Waals surface area (Å²) in [5.41, 5.74) is 0. The van der Waals surface area contributed by atoms with Crippen LogP contribution in [0.2, 0.25) is 0 Å². The average molecular weight is 742 g/mol. The highest BCUT2D eigenvalue weighted by molar-refractivity contribution is 5.80. The van der Waals surface area contributed by atoms with E-state index in [4.69, 9.17) is 9.47 Å². The molecule has 1 aliphatic heterocycles. The number of rotatable bonds is 32. The Morgan fingerprint density at radius 2 is 1.21 bits per heavy atom. The molecule has 0 bridgehead atoms. The molecule has 1 rings (SSSR count). The zero-order valence-electron chi connectivity index (χ0n) is 32.3. The first-order valence-electron chi connectivity index (χ1n) is 20.4. The number of hydrogen-bond acceptors (Lipinski definition) is 10. The average Bonchev–Trinajstić information content (AvgIpc) is 3.14. The lowest BCUT2D eigenvalue weighted by Gasteiger charge is -2.40. The maximum absolute atomic E-state index is 13.0. The van der Waals surface area contributed by atoms with Crippen molar-refractivity contribution in [2.75, 3.05) is 13.2 Å². The quantitative estimate of drug-likeness (QED) is 0.0256. The predicted molar refractivity (Wildman–Crippen MR) is 205 cm³/mol. The number of allylic oxidation sites excluding steroid dienone is 6. The number of carbonyl (C=O) groups excluding carboxylic acids is 1. The number of aliphatic hydroxyl groups excluding tert-OH is 7. The first-order valence-corrected chi connectivity index (χ1v) is 20.4. The summed E-state index contributed by atoms with van der Waals surface area (Å²) in [7, 11) is 0. The van der Waals surface area contributed by atoms with Crippen LogP contribution in [0.3, 0.4) is 0 Å². The molecule has 304 valence electrons. The van der Waals surface area contributed by atoms with Gasteiger partial charge in [-0.15, -0.1) is 0 Å². The van der Waals surface area contributed by atoms with Crippen LogP contribution in [-0.2, 0) is 14.3 Å². The summed E-state index contributed by atoms with van der Waals surface area (Å²) >= 11 is 0. The zero-order chi connectivity index (χ0) is 38.4. The largest absolute Gasteiger partial charge is 0.394 e. The molecule has 1 saturated heterocycles. The molecule has 0 aromatic heterocycles. The van der Waals surface area contributed by atoms with Gasteiger partial charge < -0.3 is 50.5 Å². The van der Waals surface area contributed by atoms with E-state index >= 15 is 0 Å². The molecule has 1 aliphatic rings. The van der Waals surface area contributed by atoms with Crippen molar-refractivity contribution in [1.29, 1.82) is 0 Å². The van der Waals surface area contributed by atoms with Gasteiger partial charge in [-0.05, 0) is 57.8 Å². The van der Waals surface area contributed by atoms with E-state index in [1.807, 2.05) is 6.08 Å². The van der Waals surface area contributed by atoms with Crippen LogP contribution in [0.5, 0.6) is 0 Å². The normalized spacial score (nSPS) is 23.4. The summed E-state index contributed by atoms with van der Waals surface area (Å²) in [6, 6.07) is -1.18. The van der Waals surface area contributed by atoms with Crippen LogP contribution in [0, 0.1) is 0 Å². The van der Waals surface area contributed by atoms with Gasteiger partial charge in [-0.2, -0.15) is 0 Å². The van der Waals surface area contributed by atoms with Crippen LogP contribution >= 0.6 is 0 Å². The fourth-order valence-electron chi connectivity index (χ4n) is 6.18. The highest BCUT2D eigenvalue weighted by Gasteiger charge is 2.44. The number of nitrogens with one attached hydrogen (secondary N) is 1. The predicted octanol–water partition coefficient (Wildman–Crippen LogP) is 5.27. The Labute approximate surface area is 314 Å². The van der Waals surface area contributed by atoms with E-state index in [-0.39, 0.29) is 12.8 Å². The summed E-state index contributed by atoms with van der Waals surface area (Å²) in [6.07, 6.45) is 22.3. The lowest BCUT2D eigenvalue weighted by molar-refractivity contribution is -0.303. The second kappa shape index (κ2) is 31.7. The number of amides is 1. The first kappa shape index (κ1) is 48.3. The maximum atomic E-state index is 13.0. The fourth-order valence-corrected chi connectivity index (χ4v) is 6.18. The summed E-state index contributed by atoms with van der Waals surface area (Å²) in [4.78, 5) is 13.0. The van der Waals surface area contributed by atoms with Gasteiger partial charge in [0.05, 0.1) is 25.4 Å². The third-order valence-corrected chi connectivity index (χ3v) is 9.69. The monoisotopic (exact) mass is 742 g/mol. The standard InChI is InChI=1S/C41H75NO10/c1-3-5-7-9-11-12-13-14-15-16-17-18-19-20-21-23-25-27-29-34(45)40(50)42-32(36(46)33(44)28-26-24-22-10-8-6-4-2)31-51-41-39(49)38(48)37(47)35(30-43)52-41/h10-14,22,32-39,41,43-49H,3-9,15-21,23-31H2,1-2H3,(H,42,50)/b12-11-,14-13-,22-10+. The van der Waals surface area contributed by atoms with Gasteiger partial charge in [0.2, 0.25) is 5.91 Å². The summed E-state index contributed by atoms with van der Waals surface area (Å²) in [5, 5.41) is 75.0. The molecular weight excluding hydrogens is 666 g/mol. The van der Waals surface area contributed by atoms with E-state index in [0.717, 1.165) is 51.4 Å². The molecule has 1 fully saturated rings. The Morgan fingerprint density at radius 3 is 1.81 bits per heavy atom. The molecule has 0 spiro atoms. The molecule has 11 nitrogen and oxygen atoms in total. The van der Waals surface area contributed by atoms with Crippen LogP contribution in [0.4, 0.5) is 0 Å². The van der Waals surface area contributed by atoms with Crippen molar-refractivity contribution < 1.29 is 50.0 Å². The Kier molecular flexibility index (Phi) is 29.4. The van der Waals surface area contributed by atoms with Crippen LogP contribution in [-0.4, -0.2) is 110 Å². The molecule has 52 heavy (non-hydrogen) atoms. The van der Waals surface area contributed by atoms with Crippen LogP contribution in [0.15, 0.2) is 36.5 Å². The maximum Gasteiger partial charge on any atom is 0.249 e. The van der Waals surface area contributed by atoms with E-state index in [1.54, 1.807) is 0 Å². The number of carbonyl (C=O) groups is 1. The van der Waals surface area contributed by atoms with Crippen molar-refractivity contribution in [3.8, 4) is 0 Å². The second-order valence-corrected chi connectivity index (χ2v) is 14.4. The SMILES string of the molecule is CCCC/C=C/CCCC(O)C(O)C(COC1OC(CO)C(O)C(O)C1O)NC(=O)C(O)CCCCCCCCCCC/C=C\C=C/CCCCC. The van der Waals surface area contributed by atoms with Gasteiger partial charge in [-0.3, -0.25) is 4.79 Å². The molecule has 0 aliphatic carbocycles. The van der Waals surface area contributed by atoms with Crippen LogP contribution in [0.25, 0.3) is 0 Å². The van der Waals surface area contributed by atoms with Crippen molar-refractivity contribution in [3.63, 3.8) is 0 Å². The summed E-state index contributed by atoms with van der Waals surface area (Å²) in [5.74, 6) is -0.717. The van der Waals surface area contributed by atoms with E-state index in [9.17, 15) is 40.5 Å². The molecule has 1 amide bonds. The van der Waals surface area contributed by atoms with Crippen LogP contribution in [0.1, 0.15) is 149 Å². The van der Waals surface area contributed by atoms with Gasteiger partial charge in [0.1, 0.15) is 36.6 Å². The van der Waals surface area contributed by atoms with Gasteiger partial charge in [0, 0.05) is 0 Å². The second-order valence-electron chi connectivity index (χ2n) is 14.4. The smallest absolute Gasteiger partial charge is 0.249 e. The molecule has 0 radical (unpaired) electrons. The zero-order valence-corrected chi connectivity index (χ0v) is 32.3. The summed E-state index contributed by atoms with van der Waals surface area (Å²) < 4.78 is 11.0. The van der Waals surface area contributed by atoms with Crippen LogP contribution < -0.4 is 5.32 Å². The lowest BCUT2D eigenvalue weighted by atomic mass is 9.98. The van der Waals surface area contributed by atoms with Crippen molar-refractivity contribution in [2.45, 2.75) is 204 Å². The Morgan fingerprint density at radius 1 is 0.673 bits per heavy atom. The fraction of sp³-hybridized carbons (Fsp3) is 0.829. The van der Waals surface area contributed by atoms with E-state index in [0.29, 0.717) is 12.8 Å². The van der Waals surface area contributed by atoms with Crippen molar-refractivity contribution in [2.24, 2.45) is 0 Å². The molecule has 11 heteroatoms. The molecule has 8 N–H and O–H groups in total. The first-order chi connectivity index (χ1) is 25.2. The van der Waals surface area contributed by atoms with Crippen molar-refractivity contribution in [3.05, 3.63) is 36.5 Å². The third-order valence-electron chi connectivity index (χ3n) is 9.69. The van der Waals surface area contributed by atoms with Gasteiger partial charge in [-0.1, -0.05) is 127 Å². The number of hydrogen-bond donors (Lipinski definition) is 8. The van der Waals surface area contributed by atoms with Gasteiger partial charge in [0.15, 0.2) is 6.29 Å². The number of unbranched alkanes of at least 4 members (excludes halogenated alkanes) is 15. The molecule has 1 heterocycles. The van der Waals surface area contributed by atoms with Crippen molar-refractivity contribution >= 4 is 5.91 Å². The number of ether oxygens (including phenoxy) is 2. The Hall–Kier alpha value is -1.67. The molecular formula is C41H75NO10. The van der Waals surface area contributed by atoms with Gasteiger partial charge in [-0.25, -0.2) is 0 Å². The highest BCUT2D eigenvalue weighted by atomic mass is 16.7. The minimum absolute atomic E-state index is 0.247. The topological polar surface area (TPSA) is 189 Å². The lowest BCUT2D eigenvalue weighted by Crippen LogP contribution is -2.60. The van der Waals surface area contributed by atoms with E-state index < -0.39 is 74.2 Å². The molecule has 0 aromatic rings. The molecule has 9 unspecified atom stereocenters. The Bertz CT molecular complexity index is 945. The summed E-state index contributed by atoms with van der Waals surface area (Å²) in [6.45, 7) is 3.27. The van der Waals surface area contributed by atoms with Gasteiger partial charge >= 0.3 is 0 Å². The minimum atomic E-state index is -1.67. The van der Waals surface area contributed by atoms with E-state index in [2.05, 4.69) is 49.5 Å². The van der Waals surface area contributed by atoms with E-state index in [1.165, 1.54) is 57.8 Å². The third kappa shape index (κ3) is 21.9. The Balaban J connectivity index is 2.46. The minimum Gasteiger partial charge on any atom is -0.394 e. The molecule has 9 atom stereocenters. The van der Waals surface area contributed by atoms with Crippen molar-refractivity contribution in [1.82, 2.24) is 5.32 Å².